The van der Waals surface area contributed by atoms with Crippen LogP contribution in [0.1, 0.15) is 37.3 Å². The van der Waals surface area contributed by atoms with Crippen LogP contribution < -0.4 is 12.3 Å². The number of unbranched alkanes of at least 4 members (excludes halogenated alkanes) is 2. The minimum atomic E-state index is 0. The normalized spacial score (nSPS) is 8.81. The molecule has 0 saturated heterocycles. The van der Waals surface area contributed by atoms with E-state index in [1.807, 2.05) is 6.08 Å². The molecule has 0 radical (unpaired) electrons. The molecule has 0 saturated carbocycles. The van der Waals surface area contributed by atoms with Gasteiger partial charge in [-0.05, 0) is 30.4 Å². The van der Waals surface area contributed by atoms with E-state index in [0.717, 1.165) is 6.42 Å². The Hall–Kier alpha value is -1.12. The van der Waals surface area contributed by atoms with Gasteiger partial charge in [-0.3, -0.25) is 0 Å². The molecular weight excluding hydrogens is 196 g/mol. The van der Waals surface area contributed by atoms with Gasteiger partial charge < -0.3 is 12.3 Å². The van der Waals surface area contributed by atoms with Crippen LogP contribution in [0.4, 0.5) is 0 Å². The van der Waals surface area contributed by atoms with E-state index in [1.165, 1.54) is 36.8 Å². The molecule has 92 valence electrons. The number of benzene rings is 1. The van der Waals surface area contributed by atoms with Crippen LogP contribution in [-0.4, -0.2) is 0 Å². The van der Waals surface area contributed by atoms with E-state index in [4.69, 9.17) is 0 Å². The molecular formula is C14H26N2. The van der Waals surface area contributed by atoms with Crippen molar-refractivity contribution in [1.82, 2.24) is 12.3 Å². The number of hydrogen-bond acceptors (Lipinski definition) is 2. The van der Waals surface area contributed by atoms with Crippen molar-refractivity contribution in [3.8, 4) is 0 Å². The van der Waals surface area contributed by atoms with Gasteiger partial charge in [0.25, 0.3) is 0 Å². The van der Waals surface area contributed by atoms with Crippen molar-refractivity contribution in [3.05, 3.63) is 48.0 Å². The van der Waals surface area contributed by atoms with Crippen LogP contribution in [0.2, 0.25) is 0 Å². The molecule has 16 heavy (non-hydrogen) atoms. The standard InChI is InChI=1S/C14H20.2H3N/c1-3-5-6-10-14-12-8-7-11-13(14)9-4-2;;/h4,7-8,11-12H,2-3,5-6,9-10H2,1H3;2*1H3. The third kappa shape index (κ3) is 5.69. The van der Waals surface area contributed by atoms with E-state index in [-0.39, 0.29) is 12.3 Å². The van der Waals surface area contributed by atoms with E-state index in [9.17, 15) is 0 Å². The van der Waals surface area contributed by atoms with Crippen LogP contribution in [0.5, 0.6) is 0 Å². The lowest BCUT2D eigenvalue weighted by atomic mass is 9.99. The van der Waals surface area contributed by atoms with Crippen LogP contribution in [0, 0.1) is 0 Å². The molecule has 0 spiro atoms. The lowest BCUT2D eigenvalue weighted by molar-refractivity contribution is 0.714. The molecule has 2 heteroatoms. The molecule has 0 aromatic heterocycles. The van der Waals surface area contributed by atoms with Crippen LogP contribution in [-0.2, 0) is 12.8 Å². The summed E-state index contributed by atoms with van der Waals surface area (Å²) in [4.78, 5) is 0. The van der Waals surface area contributed by atoms with Crippen LogP contribution in [0.3, 0.4) is 0 Å². The van der Waals surface area contributed by atoms with E-state index < -0.39 is 0 Å². The highest BCUT2D eigenvalue weighted by Crippen LogP contribution is 2.13. The van der Waals surface area contributed by atoms with Gasteiger partial charge in [0.15, 0.2) is 0 Å². The first-order valence-corrected chi connectivity index (χ1v) is 5.56. The summed E-state index contributed by atoms with van der Waals surface area (Å²) in [6.07, 6.45) is 8.15. The summed E-state index contributed by atoms with van der Waals surface area (Å²) in [5.41, 5.74) is 2.94. The average Bonchev–Trinajstić information content (AvgIpc) is 2.21. The molecule has 0 aliphatic rings. The molecule has 0 amide bonds. The summed E-state index contributed by atoms with van der Waals surface area (Å²) in [6, 6.07) is 8.70. The summed E-state index contributed by atoms with van der Waals surface area (Å²) in [5, 5.41) is 0. The lowest BCUT2D eigenvalue weighted by Crippen LogP contribution is -1.92. The van der Waals surface area contributed by atoms with Gasteiger partial charge in [-0.15, -0.1) is 6.58 Å². The maximum absolute atomic E-state index is 3.79. The first kappa shape index (κ1) is 17.3. The Balaban J connectivity index is 0. The minimum absolute atomic E-state index is 0. The minimum Gasteiger partial charge on any atom is -0.344 e. The highest BCUT2D eigenvalue weighted by atomic mass is 14.0. The Morgan fingerprint density at radius 2 is 1.69 bits per heavy atom. The number of rotatable bonds is 6. The van der Waals surface area contributed by atoms with Crippen molar-refractivity contribution in [2.45, 2.75) is 39.0 Å². The predicted molar refractivity (Wildman–Crippen MR) is 73.6 cm³/mol. The van der Waals surface area contributed by atoms with Crippen LogP contribution in [0.25, 0.3) is 0 Å². The van der Waals surface area contributed by atoms with E-state index >= 15 is 0 Å². The second kappa shape index (κ2) is 10.4. The predicted octanol–water partition coefficient (Wildman–Crippen LogP) is 4.47. The Labute approximate surface area is 99.9 Å². The summed E-state index contributed by atoms with van der Waals surface area (Å²) < 4.78 is 0. The molecule has 1 rings (SSSR count). The average molecular weight is 222 g/mol. The zero-order chi connectivity index (χ0) is 10.2. The highest BCUT2D eigenvalue weighted by Gasteiger charge is 1.98. The second-order valence-electron chi connectivity index (χ2n) is 3.72. The second-order valence-corrected chi connectivity index (χ2v) is 3.72. The molecule has 2 nitrogen and oxygen atoms in total. The van der Waals surface area contributed by atoms with E-state index in [0.29, 0.717) is 0 Å². The fraction of sp³-hybridized carbons (Fsp3) is 0.429. The summed E-state index contributed by atoms with van der Waals surface area (Å²) in [5.74, 6) is 0. The largest absolute Gasteiger partial charge is 0.344 e. The summed E-state index contributed by atoms with van der Waals surface area (Å²) in [6.45, 7) is 6.04. The maximum Gasteiger partial charge on any atom is -0.00974 e. The van der Waals surface area contributed by atoms with Crippen LogP contribution >= 0.6 is 0 Å². The van der Waals surface area contributed by atoms with Gasteiger partial charge in [0.2, 0.25) is 0 Å². The summed E-state index contributed by atoms with van der Waals surface area (Å²) >= 11 is 0. The van der Waals surface area contributed by atoms with Gasteiger partial charge >= 0.3 is 0 Å². The third-order valence-corrected chi connectivity index (χ3v) is 2.53. The van der Waals surface area contributed by atoms with Crippen LogP contribution in [0.15, 0.2) is 36.9 Å². The van der Waals surface area contributed by atoms with E-state index in [1.54, 1.807) is 0 Å². The molecule has 1 aromatic carbocycles. The molecule has 0 bridgehead atoms. The Kier molecular flexibility index (Phi) is 11.2. The first-order valence-electron chi connectivity index (χ1n) is 5.56. The molecule has 1 aromatic rings. The van der Waals surface area contributed by atoms with E-state index in [2.05, 4.69) is 37.8 Å². The molecule has 0 fully saturated rings. The molecule has 0 aliphatic carbocycles. The molecule has 0 heterocycles. The zero-order valence-electron chi connectivity index (χ0n) is 10.5. The Morgan fingerprint density at radius 3 is 2.25 bits per heavy atom. The lowest BCUT2D eigenvalue weighted by Gasteiger charge is -2.06. The zero-order valence-corrected chi connectivity index (χ0v) is 10.5. The quantitative estimate of drug-likeness (QED) is 0.550. The summed E-state index contributed by atoms with van der Waals surface area (Å²) in [7, 11) is 0. The van der Waals surface area contributed by atoms with Gasteiger partial charge in [0, 0.05) is 0 Å². The monoisotopic (exact) mass is 222 g/mol. The molecule has 0 atom stereocenters. The topological polar surface area (TPSA) is 70.0 Å². The van der Waals surface area contributed by atoms with Crippen molar-refractivity contribution >= 4 is 0 Å². The van der Waals surface area contributed by atoms with Crippen molar-refractivity contribution in [2.75, 3.05) is 0 Å². The molecule has 6 N–H and O–H groups in total. The SMILES string of the molecule is C=CCc1ccccc1CCCCC.N.N. The maximum atomic E-state index is 3.79. The smallest absolute Gasteiger partial charge is 0.00974 e. The fourth-order valence-electron chi connectivity index (χ4n) is 1.72. The van der Waals surface area contributed by atoms with Gasteiger partial charge in [-0.1, -0.05) is 50.1 Å². The van der Waals surface area contributed by atoms with Crippen molar-refractivity contribution in [3.63, 3.8) is 0 Å². The number of hydrogen-bond donors (Lipinski definition) is 2. The van der Waals surface area contributed by atoms with Crippen molar-refractivity contribution < 1.29 is 0 Å². The van der Waals surface area contributed by atoms with Gasteiger partial charge in [0.05, 0.1) is 0 Å². The van der Waals surface area contributed by atoms with Crippen molar-refractivity contribution in [2.24, 2.45) is 0 Å². The van der Waals surface area contributed by atoms with Gasteiger partial charge in [0.1, 0.15) is 0 Å². The first-order chi connectivity index (χ1) is 6.88. The number of allylic oxidation sites excluding steroid dienone is 1. The number of aryl methyl sites for hydroxylation is 1. The molecule has 0 aliphatic heterocycles. The van der Waals surface area contributed by atoms with Crippen molar-refractivity contribution in [1.29, 1.82) is 0 Å². The third-order valence-electron chi connectivity index (χ3n) is 2.53. The Morgan fingerprint density at radius 1 is 1.06 bits per heavy atom. The highest BCUT2D eigenvalue weighted by molar-refractivity contribution is 5.28. The van der Waals surface area contributed by atoms with Gasteiger partial charge in [-0.25, -0.2) is 0 Å². The molecule has 0 unspecified atom stereocenters. The Bertz CT molecular complexity index is 282. The fourth-order valence-corrected chi connectivity index (χ4v) is 1.72. The van der Waals surface area contributed by atoms with Gasteiger partial charge in [-0.2, -0.15) is 0 Å².